The van der Waals surface area contributed by atoms with Crippen molar-refractivity contribution in [1.82, 2.24) is 9.88 Å². The number of nitrogens with zero attached hydrogens (tertiary/aromatic N) is 3. The lowest BCUT2D eigenvalue weighted by atomic mass is 10.0. The summed E-state index contributed by atoms with van der Waals surface area (Å²) in [5.74, 6) is 0. The van der Waals surface area contributed by atoms with E-state index in [1.54, 1.807) is 17.4 Å². The van der Waals surface area contributed by atoms with Gasteiger partial charge in [0.25, 0.3) is 0 Å². The van der Waals surface area contributed by atoms with Crippen LogP contribution in [0.25, 0.3) is 6.08 Å². The first-order valence-corrected chi connectivity index (χ1v) is 12.8. The van der Waals surface area contributed by atoms with Gasteiger partial charge >= 0.3 is 0 Å². The van der Waals surface area contributed by atoms with Gasteiger partial charge in [-0.2, -0.15) is 5.26 Å². The monoisotopic (exact) mass is 484 g/mol. The van der Waals surface area contributed by atoms with Gasteiger partial charge in [0, 0.05) is 30.4 Å². The Hall–Kier alpha value is -3.62. The molecule has 0 amide bonds. The van der Waals surface area contributed by atoms with Gasteiger partial charge in [0.2, 0.25) is 0 Å². The van der Waals surface area contributed by atoms with Gasteiger partial charge < -0.3 is 10.2 Å². The fourth-order valence-corrected chi connectivity index (χ4v) is 4.85. The molecule has 3 heterocycles. The van der Waals surface area contributed by atoms with E-state index in [-0.39, 0.29) is 0 Å². The second-order valence-electron chi connectivity index (χ2n) is 7.79. The van der Waals surface area contributed by atoms with Crippen LogP contribution in [0.4, 0.5) is 5.00 Å². The quantitative estimate of drug-likeness (QED) is 0.374. The van der Waals surface area contributed by atoms with Gasteiger partial charge in [-0.05, 0) is 54.3 Å². The van der Waals surface area contributed by atoms with Crippen LogP contribution in [-0.2, 0) is 25.8 Å². The number of rotatable bonds is 6. The molecule has 0 saturated heterocycles. The van der Waals surface area contributed by atoms with E-state index in [9.17, 15) is 0 Å². The van der Waals surface area contributed by atoms with E-state index in [1.165, 1.54) is 21.6 Å². The highest BCUT2D eigenvalue weighted by atomic mass is 32.1. The average molecular weight is 485 g/mol. The molecule has 1 N–H and O–H groups in total. The van der Waals surface area contributed by atoms with Gasteiger partial charge in [0.15, 0.2) is 0 Å². The van der Waals surface area contributed by atoms with Crippen molar-refractivity contribution in [3.8, 4) is 6.07 Å². The first kappa shape index (κ1) is 27.6. The Balaban J connectivity index is 0.000000194. The zero-order valence-corrected chi connectivity index (χ0v) is 21.9. The third-order valence-corrected chi connectivity index (χ3v) is 6.85. The number of fused-ring (bicyclic) bond motifs is 1. The van der Waals surface area contributed by atoms with Crippen molar-refractivity contribution in [3.63, 3.8) is 0 Å². The Labute approximate surface area is 215 Å². The molecule has 182 valence electrons. The summed E-state index contributed by atoms with van der Waals surface area (Å²) in [4.78, 5) is 7.57. The maximum absolute atomic E-state index is 9.10. The predicted octanol–water partition coefficient (Wildman–Crippen LogP) is 7.26. The number of anilines is 1. The number of nitriles is 1. The summed E-state index contributed by atoms with van der Waals surface area (Å²) >= 11 is 1.68. The number of aryl methyl sites for hydroxylation is 2. The summed E-state index contributed by atoms with van der Waals surface area (Å²) in [7, 11) is 1.86. The molecule has 4 rings (SSSR count). The zero-order chi connectivity index (χ0) is 25.5. The molecule has 0 bridgehead atoms. The minimum absolute atomic E-state index is 0.834. The Bertz CT molecular complexity index is 1140. The second kappa shape index (κ2) is 15.3. The molecule has 1 aliphatic rings. The first-order valence-electron chi connectivity index (χ1n) is 12.0. The van der Waals surface area contributed by atoms with Crippen LogP contribution in [0, 0.1) is 11.3 Å². The lowest BCUT2D eigenvalue weighted by Crippen LogP contribution is -2.24. The molecule has 0 radical (unpaired) electrons. The smallest absolute Gasteiger partial charge is 0.107 e. The Morgan fingerprint density at radius 2 is 1.91 bits per heavy atom. The van der Waals surface area contributed by atoms with E-state index < -0.39 is 0 Å². The highest BCUT2D eigenvalue weighted by Crippen LogP contribution is 2.36. The van der Waals surface area contributed by atoms with Crippen molar-refractivity contribution in [2.75, 3.05) is 18.9 Å². The number of nitrogens with one attached hydrogen (secondary N) is 1. The highest BCUT2D eigenvalue weighted by molar-refractivity contribution is 7.16. The van der Waals surface area contributed by atoms with Crippen LogP contribution in [-0.4, -0.2) is 23.5 Å². The Morgan fingerprint density at radius 1 is 1.14 bits per heavy atom. The summed E-state index contributed by atoms with van der Waals surface area (Å²) in [6.45, 7) is 13.5. The highest BCUT2D eigenvalue weighted by Gasteiger charge is 2.22. The summed E-state index contributed by atoms with van der Waals surface area (Å²) < 4.78 is 0. The maximum atomic E-state index is 9.10. The SMILES string of the molecule is C=C/C=C/c1ccccc1CC.C=CN1CCc2c(sc(NC)c2C#N)C1.CCc1ccccn1. The number of allylic oxidation sites excluding steroid dienone is 2. The summed E-state index contributed by atoms with van der Waals surface area (Å²) in [5.41, 5.74) is 5.90. The van der Waals surface area contributed by atoms with Crippen molar-refractivity contribution in [3.05, 3.63) is 113 Å². The molecule has 0 unspecified atom stereocenters. The number of benzene rings is 1. The number of hydrogen-bond acceptors (Lipinski definition) is 5. The molecule has 5 heteroatoms. The van der Waals surface area contributed by atoms with Crippen molar-refractivity contribution in [1.29, 1.82) is 5.26 Å². The lowest BCUT2D eigenvalue weighted by Gasteiger charge is -2.24. The standard InChI is InChI=1S/C12H14.C11H13N3S.C7H9N/c1-3-5-8-12-10-7-6-9-11(12)4-2;1-3-14-5-4-8-9(6-12)11(13-2)15-10(8)7-14;1-2-7-5-3-4-6-8-7/h3,5-10H,1,4H2,2H3;3,13H,1,4-5,7H2,2H3;3-6H,2H2,1H3/b8-5+;;. The molecule has 35 heavy (non-hydrogen) atoms. The number of hydrogen-bond donors (Lipinski definition) is 1. The molecule has 1 aliphatic heterocycles. The summed E-state index contributed by atoms with van der Waals surface area (Å²) in [5, 5.41) is 13.2. The molecule has 0 fully saturated rings. The largest absolute Gasteiger partial charge is 0.379 e. The molecule has 3 aromatic rings. The van der Waals surface area contributed by atoms with Crippen LogP contribution in [0.1, 0.15) is 46.7 Å². The molecule has 0 aliphatic carbocycles. The van der Waals surface area contributed by atoms with Crippen LogP contribution >= 0.6 is 11.3 Å². The molecule has 4 nitrogen and oxygen atoms in total. The minimum Gasteiger partial charge on any atom is -0.379 e. The third-order valence-electron chi connectivity index (χ3n) is 5.62. The number of aromatic nitrogens is 1. The van der Waals surface area contributed by atoms with Crippen LogP contribution in [0.15, 0.2) is 80.2 Å². The first-order chi connectivity index (χ1) is 17.1. The summed E-state index contributed by atoms with van der Waals surface area (Å²) in [6.07, 6.45) is 12.6. The number of pyridine rings is 1. The zero-order valence-electron chi connectivity index (χ0n) is 21.1. The fourth-order valence-electron chi connectivity index (χ4n) is 3.67. The van der Waals surface area contributed by atoms with Crippen molar-refractivity contribution in [2.45, 2.75) is 39.7 Å². The second-order valence-corrected chi connectivity index (χ2v) is 8.90. The van der Waals surface area contributed by atoms with E-state index in [4.69, 9.17) is 5.26 Å². The van der Waals surface area contributed by atoms with Crippen molar-refractivity contribution >= 4 is 22.4 Å². The lowest BCUT2D eigenvalue weighted by molar-refractivity contribution is 0.358. The van der Waals surface area contributed by atoms with Crippen LogP contribution < -0.4 is 5.32 Å². The van der Waals surface area contributed by atoms with Gasteiger partial charge in [-0.25, -0.2) is 0 Å². The van der Waals surface area contributed by atoms with Gasteiger partial charge in [0.05, 0.1) is 12.1 Å². The summed E-state index contributed by atoms with van der Waals surface area (Å²) in [6, 6.07) is 16.7. The molecule has 0 spiro atoms. The van der Waals surface area contributed by atoms with Gasteiger partial charge in [-0.15, -0.1) is 11.3 Å². The van der Waals surface area contributed by atoms with Crippen LogP contribution in [0.3, 0.4) is 0 Å². The van der Waals surface area contributed by atoms with Gasteiger partial charge in [-0.1, -0.05) is 75.6 Å². The van der Waals surface area contributed by atoms with Crippen LogP contribution in [0.2, 0.25) is 0 Å². The van der Waals surface area contributed by atoms with E-state index >= 15 is 0 Å². The van der Waals surface area contributed by atoms with Crippen molar-refractivity contribution < 1.29 is 0 Å². The molecular weight excluding hydrogens is 448 g/mol. The normalized spacial score (nSPS) is 11.8. The van der Waals surface area contributed by atoms with E-state index in [0.29, 0.717) is 0 Å². The minimum atomic E-state index is 0.834. The molecule has 0 saturated carbocycles. The Kier molecular flexibility index (Phi) is 12.1. The van der Waals surface area contributed by atoms with Gasteiger partial charge in [-0.3, -0.25) is 4.98 Å². The molecule has 0 atom stereocenters. The van der Waals surface area contributed by atoms with Gasteiger partial charge in [0.1, 0.15) is 11.1 Å². The maximum Gasteiger partial charge on any atom is 0.107 e. The molecule has 2 aromatic heterocycles. The average Bonchev–Trinajstić information content (AvgIpc) is 3.30. The third kappa shape index (κ3) is 8.27. The van der Waals surface area contributed by atoms with E-state index in [2.05, 4.69) is 78.6 Å². The van der Waals surface area contributed by atoms with Crippen LogP contribution in [0.5, 0.6) is 0 Å². The van der Waals surface area contributed by atoms with Crippen molar-refractivity contribution in [2.24, 2.45) is 0 Å². The van der Waals surface area contributed by atoms with E-state index in [1.807, 2.05) is 43.7 Å². The molecular formula is C30H36N4S. The molecule has 1 aromatic carbocycles. The predicted molar refractivity (Wildman–Crippen MR) is 152 cm³/mol. The fraction of sp³-hybridized carbons (Fsp3) is 0.267. The topological polar surface area (TPSA) is 52.0 Å². The Morgan fingerprint density at radius 3 is 2.49 bits per heavy atom. The number of thiophene rings is 1. The van der Waals surface area contributed by atoms with E-state index in [0.717, 1.165) is 48.6 Å².